The van der Waals surface area contributed by atoms with Gasteiger partial charge in [0.25, 0.3) is 11.6 Å². The summed E-state index contributed by atoms with van der Waals surface area (Å²) in [5.74, 6) is -0.487. The van der Waals surface area contributed by atoms with E-state index in [0.29, 0.717) is 12.5 Å². The van der Waals surface area contributed by atoms with Gasteiger partial charge in [-0.3, -0.25) is 14.9 Å². The summed E-state index contributed by atoms with van der Waals surface area (Å²) < 4.78 is 5.08. The highest BCUT2D eigenvalue weighted by Crippen LogP contribution is 2.35. The molecular formula is C18H22N2O5. The number of ether oxygens (including phenoxy) is 1. The summed E-state index contributed by atoms with van der Waals surface area (Å²) in [7, 11) is 0. The van der Waals surface area contributed by atoms with Crippen molar-refractivity contribution in [3.05, 3.63) is 39.9 Å². The minimum atomic E-state index is -0.835. The van der Waals surface area contributed by atoms with E-state index in [2.05, 4.69) is 0 Å². The van der Waals surface area contributed by atoms with E-state index in [1.54, 1.807) is 0 Å². The lowest BCUT2D eigenvalue weighted by Crippen LogP contribution is -2.50. The molecule has 2 atom stereocenters. The molecule has 0 radical (unpaired) electrons. The van der Waals surface area contributed by atoms with Gasteiger partial charge in [-0.25, -0.2) is 4.79 Å². The smallest absolute Gasteiger partial charge is 0.345 e. The van der Waals surface area contributed by atoms with E-state index in [1.807, 2.05) is 4.90 Å². The third-order valence-corrected chi connectivity index (χ3v) is 5.21. The van der Waals surface area contributed by atoms with E-state index in [4.69, 9.17) is 4.74 Å². The van der Waals surface area contributed by atoms with Gasteiger partial charge in [0.05, 0.1) is 4.92 Å². The SMILES string of the molecule is O=C(OCC(=O)N1CCC[C@H]2CCCC[C@H]21)c1ccccc1[N+](=O)[O-]. The molecule has 1 aliphatic carbocycles. The quantitative estimate of drug-likeness (QED) is 0.475. The third kappa shape index (κ3) is 3.81. The minimum Gasteiger partial charge on any atom is -0.452 e. The summed E-state index contributed by atoms with van der Waals surface area (Å²) >= 11 is 0. The molecule has 1 amide bonds. The highest BCUT2D eigenvalue weighted by Gasteiger charge is 2.36. The lowest BCUT2D eigenvalue weighted by molar-refractivity contribution is -0.385. The first-order valence-corrected chi connectivity index (χ1v) is 8.78. The Kier molecular flexibility index (Phi) is 5.31. The van der Waals surface area contributed by atoms with Crippen LogP contribution < -0.4 is 0 Å². The summed E-state index contributed by atoms with van der Waals surface area (Å²) in [6.45, 7) is 0.330. The Balaban J connectivity index is 1.62. The van der Waals surface area contributed by atoms with Gasteiger partial charge in [-0.2, -0.15) is 0 Å². The van der Waals surface area contributed by atoms with Gasteiger partial charge in [0.15, 0.2) is 6.61 Å². The predicted molar refractivity (Wildman–Crippen MR) is 90.1 cm³/mol. The van der Waals surface area contributed by atoms with Crippen LogP contribution in [0.25, 0.3) is 0 Å². The topological polar surface area (TPSA) is 89.8 Å². The molecule has 1 aliphatic heterocycles. The summed E-state index contributed by atoms with van der Waals surface area (Å²) in [5, 5.41) is 11.0. The van der Waals surface area contributed by atoms with Crippen molar-refractivity contribution in [2.75, 3.05) is 13.2 Å². The maximum atomic E-state index is 12.5. The molecule has 7 nitrogen and oxygen atoms in total. The van der Waals surface area contributed by atoms with Crippen LogP contribution in [0.2, 0.25) is 0 Å². The average molecular weight is 346 g/mol. The second kappa shape index (κ2) is 7.63. The van der Waals surface area contributed by atoms with Crippen LogP contribution in [0.3, 0.4) is 0 Å². The summed E-state index contributed by atoms with van der Waals surface area (Å²) in [4.78, 5) is 36.9. The van der Waals surface area contributed by atoms with Crippen molar-refractivity contribution in [3.63, 3.8) is 0 Å². The van der Waals surface area contributed by atoms with Gasteiger partial charge in [0, 0.05) is 18.7 Å². The van der Waals surface area contributed by atoms with Crippen LogP contribution in [0.5, 0.6) is 0 Å². The number of piperidine rings is 1. The number of carbonyl (C=O) groups is 2. The number of nitrogens with zero attached hydrogens (tertiary/aromatic N) is 2. The highest BCUT2D eigenvalue weighted by molar-refractivity contribution is 5.95. The molecule has 7 heteroatoms. The van der Waals surface area contributed by atoms with Crippen LogP contribution in [0.4, 0.5) is 5.69 Å². The van der Waals surface area contributed by atoms with E-state index >= 15 is 0 Å². The average Bonchev–Trinajstić information content (AvgIpc) is 2.65. The molecule has 0 spiro atoms. The third-order valence-electron chi connectivity index (χ3n) is 5.21. The highest BCUT2D eigenvalue weighted by atomic mass is 16.6. The monoisotopic (exact) mass is 346 g/mol. The molecule has 25 heavy (non-hydrogen) atoms. The van der Waals surface area contributed by atoms with Crippen LogP contribution in [0.15, 0.2) is 24.3 Å². The molecule has 2 fully saturated rings. The fourth-order valence-electron chi connectivity index (χ4n) is 4.03. The number of nitro benzene ring substituents is 1. The van der Waals surface area contributed by atoms with Gasteiger partial charge in [-0.15, -0.1) is 0 Å². The van der Waals surface area contributed by atoms with Crippen molar-refractivity contribution >= 4 is 17.6 Å². The molecule has 134 valence electrons. The van der Waals surface area contributed by atoms with Crippen LogP contribution >= 0.6 is 0 Å². The Labute approximate surface area is 146 Å². The van der Waals surface area contributed by atoms with Gasteiger partial charge in [-0.05, 0) is 37.7 Å². The minimum absolute atomic E-state index is 0.130. The molecule has 0 bridgehead atoms. The first-order chi connectivity index (χ1) is 12.1. The van der Waals surface area contributed by atoms with Gasteiger partial charge in [-0.1, -0.05) is 25.0 Å². The van der Waals surface area contributed by atoms with Crippen molar-refractivity contribution in [3.8, 4) is 0 Å². The van der Waals surface area contributed by atoms with Gasteiger partial charge in [0.2, 0.25) is 0 Å². The predicted octanol–water partition coefficient (Wildman–Crippen LogP) is 2.93. The maximum Gasteiger partial charge on any atom is 0.345 e. The molecule has 1 saturated heterocycles. The van der Waals surface area contributed by atoms with E-state index in [9.17, 15) is 19.7 Å². The number of hydrogen-bond donors (Lipinski definition) is 0. The molecule has 0 N–H and O–H groups in total. The fourth-order valence-corrected chi connectivity index (χ4v) is 4.03. The van der Waals surface area contributed by atoms with Crippen molar-refractivity contribution in [2.45, 2.75) is 44.6 Å². The zero-order chi connectivity index (χ0) is 17.8. The summed E-state index contributed by atoms with van der Waals surface area (Å²) in [6.07, 6.45) is 6.64. The maximum absolute atomic E-state index is 12.5. The number of amides is 1. The molecule has 0 aromatic heterocycles. The Morgan fingerprint density at radius 2 is 1.88 bits per heavy atom. The zero-order valence-corrected chi connectivity index (χ0v) is 14.1. The van der Waals surface area contributed by atoms with Crippen molar-refractivity contribution in [1.82, 2.24) is 4.90 Å². The van der Waals surface area contributed by atoms with Crippen molar-refractivity contribution < 1.29 is 19.2 Å². The largest absolute Gasteiger partial charge is 0.452 e. The Bertz CT molecular complexity index is 673. The number of fused-ring (bicyclic) bond motifs is 1. The number of benzene rings is 1. The summed E-state index contributed by atoms with van der Waals surface area (Å²) in [6, 6.07) is 5.85. The molecule has 0 unspecified atom stereocenters. The van der Waals surface area contributed by atoms with E-state index in [1.165, 1.54) is 30.7 Å². The molecule has 2 aliphatic rings. The molecule has 1 saturated carbocycles. The van der Waals surface area contributed by atoms with E-state index in [-0.39, 0.29) is 29.8 Å². The molecule has 1 heterocycles. The number of nitro groups is 1. The molecule has 1 aromatic carbocycles. The second-order valence-corrected chi connectivity index (χ2v) is 6.69. The number of para-hydroxylation sites is 1. The normalized spacial score (nSPS) is 22.8. The lowest BCUT2D eigenvalue weighted by Gasteiger charge is -2.44. The van der Waals surface area contributed by atoms with Crippen molar-refractivity contribution in [1.29, 1.82) is 0 Å². The lowest BCUT2D eigenvalue weighted by atomic mass is 9.78. The molecule has 3 rings (SSSR count). The van der Waals surface area contributed by atoms with Crippen LogP contribution in [-0.2, 0) is 9.53 Å². The number of carbonyl (C=O) groups excluding carboxylic acids is 2. The standard InChI is InChI=1S/C18H22N2O5/c21-17(19-11-5-7-13-6-1-3-9-15(13)19)12-25-18(22)14-8-2-4-10-16(14)20(23)24/h2,4,8,10,13,15H,1,3,5-7,9,11-12H2/t13-,15-/m1/s1. The van der Waals surface area contributed by atoms with Gasteiger partial charge >= 0.3 is 5.97 Å². The number of hydrogen-bond acceptors (Lipinski definition) is 5. The summed E-state index contributed by atoms with van der Waals surface area (Å²) in [5.41, 5.74) is -0.445. The van der Waals surface area contributed by atoms with Gasteiger partial charge < -0.3 is 9.64 Å². The Morgan fingerprint density at radius 1 is 1.16 bits per heavy atom. The molecular weight excluding hydrogens is 324 g/mol. The number of esters is 1. The Morgan fingerprint density at radius 3 is 2.68 bits per heavy atom. The first kappa shape index (κ1) is 17.4. The number of likely N-dealkylation sites (tertiary alicyclic amines) is 1. The van der Waals surface area contributed by atoms with Crippen molar-refractivity contribution in [2.24, 2.45) is 5.92 Å². The fraction of sp³-hybridized carbons (Fsp3) is 0.556. The molecule has 1 aromatic rings. The van der Waals surface area contributed by atoms with Crippen LogP contribution in [-0.4, -0.2) is 40.9 Å². The Hall–Kier alpha value is -2.44. The van der Waals surface area contributed by atoms with Gasteiger partial charge in [0.1, 0.15) is 5.56 Å². The zero-order valence-electron chi connectivity index (χ0n) is 14.1. The first-order valence-electron chi connectivity index (χ1n) is 8.78. The van der Waals surface area contributed by atoms with E-state index in [0.717, 1.165) is 32.1 Å². The van der Waals surface area contributed by atoms with E-state index < -0.39 is 10.9 Å². The van der Waals surface area contributed by atoms with Crippen LogP contribution in [0.1, 0.15) is 48.9 Å². The second-order valence-electron chi connectivity index (χ2n) is 6.69. The van der Waals surface area contributed by atoms with Crippen LogP contribution in [0, 0.1) is 16.0 Å². The number of rotatable bonds is 4.